The molecule has 0 bridgehead atoms. The Morgan fingerprint density at radius 1 is 1.14 bits per heavy atom. The van der Waals surface area contributed by atoms with Crippen molar-refractivity contribution in [2.45, 2.75) is 47.0 Å². The molecule has 0 amide bonds. The predicted octanol–water partition coefficient (Wildman–Crippen LogP) is 3.67. The number of hydrogen-bond donors (Lipinski definition) is 0. The summed E-state index contributed by atoms with van der Waals surface area (Å²) in [5.41, 5.74) is -0.887. The van der Waals surface area contributed by atoms with Crippen molar-refractivity contribution < 1.29 is 18.8 Å². The van der Waals surface area contributed by atoms with E-state index in [1.807, 2.05) is 13.8 Å². The van der Waals surface area contributed by atoms with Crippen LogP contribution < -0.4 is 0 Å². The molecule has 0 heterocycles. The van der Waals surface area contributed by atoms with Crippen LogP contribution in [0, 0.1) is 23.6 Å². The van der Waals surface area contributed by atoms with Gasteiger partial charge in [0.05, 0.1) is 5.41 Å². The van der Waals surface area contributed by atoms with Crippen LogP contribution in [0.5, 0.6) is 0 Å². The fourth-order valence-corrected chi connectivity index (χ4v) is 2.92. The van der Waals surface area contributed by atoms with Gasteiger partial charge in [-0.15, -0.1) is 0 Å². The van der Waals surface area contributed by atoms with Crippen molar-refractivity contribution in [1.82, 2.24) is 0 Å². The van der Waals surface area contributed by atoms with Gasteiger partial charge >= 0.3 is 0 Å². The van der Waals surface area contributed by atoms with Crippen LogP contribution in [0.3, 0.4) is 0 Å². The summed E-state index contributed by atoms with van der Waals surface area (Å²) in [5, 5.41) is 0. The van der Waals surface area contributed by atoms with E-state index in [1.54, 1.807) is 13.8 Å². The minimum Gasteiger partial charge on any atom is -0.299 e. The average Bonchev–Trinajstić information content (AvgIpc) is 2.38. The predicted molar refractivity (Wildman–Crippen MR) is 81.2 cm³/mol. The molecule has 118 valence electrons. The van der Waals surface area contributed by atoms with Gasteiger partial charge in [0.25, 0.3) is 0 Å². The first kappa shape index (κ1) is 16.5. The smallest absolute Gasteiger partial charge is 0.164 e. The quantitative estimate of drug-likeness (QED) is 0.632. The number of aryl methyl sites for hydroxylation is 1. The summed E-state index contributed by atoms with van der Waals surface area (Å²) in [5.74, 6) is -1.04. The minimum absolute atomic E-state index is 0.147. The van der Waals surface area contributed by atoms with E-state index in [9.17, 15) is 18.8 Å². The van der Waals surface area contributed by atoms with E-state index >= 15 is 0 Å². The molecular weight excluding hydrogens is 283 g/mol. The van der Waals surface area contributed by atoms with Crippen molar-refractivity contribution in [3.05, 3.63) is 35.1 Å². The molecule has 1 aliphatic carbocycles. The molecule has 22 heavy (non-hydrogen) atoms. The Hall–Kier alpha value is -1.84. The fraction of sp³-hybridized carbons (Fsp3) is 0.500. The molecule has 0 unspecified atom stereocenters. The minimum atomic E-state index is -1.26. The van der Waals surface area contributed by atoms with Crippen LogP contribution in [-0.4, -0.2) is 17.3 Å². The van der Waals surface area contributed by atoms with Crippen molar-refractivity contribution in [3.8, 4) is 0 Å². The molecule has 4 heteroatoms. The molecule has 0 aromatic heterocycles. The highest BCUT2D eigenvalue weighted by atomic mass is 19.1. The van der Waals surface area contributed by atoms with E-state index in [0.717, 1.165) is 0 Å². The third kappa shape index (κ3) is 3.01. The van der Waals surface area contributed by atoms with Gasteiger partial charge in [-0.1, -0.05) is 13.8 Å². The summed E-state index contributed by atoms with van der Waals surface area (Å²) >= 11 is 0. The van der Waals surface area contributed by atoms with E-state index in [4.69, 9.17) is 0 Å². The lowest BCUT2D eigenvalue weighted by Crippen LogP contribution is -2.47. The van der Waals surface area contributed by atoms with Gasteiger partial charge in [-0.2, -0.15) is 0 Å². The van der Waals surface area contributed by atoms with Gasteiger partial charge in [0.2, 0.25) is 0 Å². The maximum absolute atomic E-state index is 13.3. The van der Waals surface area contributed by atoms with Gasteiger partial charge in [0.15, 0.2) is 5.78 Å². The zero-order valence-corrected chi connectivity index (χ0v) is 13.5. The SMILES string of the molecule is Cc1cc(C(=O)CC2(C)C(=O)CC(C)(C)CC2=O)ccc1F. The van der Waals surface area contributed by atoms with E-state index in [0.29, 0.717) is 24.0 Å². The highest BCUT2D eigenvalue weighted by Gasteiger charge is 2.49. The highest BCUT2D eigenvalue weighted by Crippen LogP contribution is 2.42. The Labute approximate surface area is 129 Å². The first-order valence-corrected chi connectivity index (χ1v) is 7.41. The van der Waals surface area contributed by atoms with Crippen molar-refractivity contribution in [3.63, 3.8) is 0 Å². The maximum atomic E-state index is 13.3. The molecule has 0 spiro atoms. The third-order valence-electron chi connectivity index (χ3n) is 4.50. The molecule has 0 N–H and O–H groups in total. The first-order valence-electron chi connectivity index (χ1n) is 7.41. The largest absolute Gasteiger partial charge is 0.299 e. The van der Waals surface area contributed by atoms with E-state index in [-0.39, 0.29) is 35.0 Å². The highest BCUT2D eigenvalue weighted by molar-refractivity contribution is 6.13. The summed E-state index contributed by atoms with van der Waals surface area (Å²) in [6, 6.07) is 4.09. The molecule has 1 saturated carbocycles. The van der Waals surface area contributed by atoms with Crippen molar-refractivity contribution >= 4 is 17.3 Å². The summed E-state index contributed by atoms with van der Waals surface area (Å²) < 4.78 is 13.3. The lowest BCUT2D eigenvalue weighted by Gasteiger charge is -2.38. The number of carbonyl (C=O) groups is 3. The van der Waals surface area contributed by atoms with Gasteiger partial charge in [-0.05, 0) is 43.0 Å². The van der Waals surface area contributed by atoms with Gasteiger partial charge in [-0.25, -0.2) is 4.39 Å². The molecule has 1 aromatic rings. The number of hydrogen-bond acceptors (Lipinski definition) is 3. The van der Waals surface area contributed by atoms with Gasteiger partial charge in [0, 0.05) is 24.8 Å². The number of halogens is 1. The van der Waals surface area contributed by atoms with Crippen molar-refractivity contribution in [1.29, 1.82) is 0 Å². The molecule has 0 aliphatic heterocycles. The molecule has 3 nitrogen and oxygen atoms in total. The van der Waals surface area contributed by atoms with Crippen molar-refractivity contribution in [2.24, 2.45) is 10.8 Å². The second-order valence-electron chi connectivity index (χ2n) is 7.26. The second kappa shape index (κ2) is 5.41. The van der Waals surface area contributed by atoms with Crippen LogP contribution in [0.4, 0.5) is 4.39 Å². The van der Waals surface area contributed by atoms with Crippen LogP contribution in [0.15, 0.2) is 18.2 Å². The monoisotopic (exact) mass is 304 g/mol. The Morgan fingerprint density at radius 2 is 1.68 bits per heavy atom. The lowest BCUT2D eigenvalue weighted by molar-refractivity contribution is -0.146. The summed E-state index contributed by atoms with van der Waals surface area (Å²) in [6.07, 6.45) is 0.446. The van der Waals surface area contributed by atoms with Crippen LogP contribution in [-0.2, 0) is 9.59 Å². The van der Waals surface area contributed by atoms with Crippen LogP contribution in [0.25, 0.3) is 0 Å². The average molecular weight is 304 g/mol. The molecule has 0 atom stereocenters. The fourth-order valence-electron chi connectivity index (χ4n) is 2.92. The summed E-state index contributed by atoms with van der Waals surface area (Å²) in [4.78, 5) is 37.2. The number of Topliss-reactive ketones (excluding diaryl/α,β-unsaturated/α-hetero) is 3. The molecule has 0 radical (unpaired) electrons. The first-order chi connectivity index (χ1) is 10.0. The molecule has 1 aliphatic rings. The number of ketones is 3. The summed E-state index contributed by atoms with van der Waals surface area (Å²) in [6.45, 7) is 6.90. The standard InChI is InChI=1S/C18H21FO3/c1-11-7-12(5-6-13(11)19)14(20)8-18(4)15(21)9-17(2,3)10-16(18)22/h5-7H,8-10H2,1-4H3. The second-order valence-corrected chi connectivity index (χ2v) is 7.26. The number of benzene rings is 1. The molecule has 0 saturated heterocycles. The Bertz CT molecular complexity index is 638. The zero-order chi connectivity index (χ0) is 16.7. The van der Waals surface area contributed by atoms with Crippen LogP contribution in [0.1, 0.15) is 56.0 Å². The van der Waals surface area contributed by atoms with E-state index in [2.05, 4.69) is 0 Å². The molecule has 1 fully saturated rings. The lowest BCUT2D eigenvalue weighted by atomic mass is 9.62. The maximum Gasteiger partial charge on any atom is 0.164 e. The normalized spacial score (nSPS) is 20.0. The third-order valence-corrected chi connectivity index (χ3v) is 4.50. The van der Waals surface area contributed by atoms with Gasteiger partial charge in [0.1, 0.15) is 17.4 Å². The Morgan fingerprint density at radius 3 is 2.18 bits per heavy atom. The van der Waals surface area contributed by atoms with Gasteiger partial charge in [-0.3, -0.25) is 14.4 Å². The zero-order valence-electron chi connectivity index (χ0n) is 13.5. The van der Waals surface area contributed by atoms with E-state index < -0.39 is 5.41 Å². The van der Waals surface area contributed by atoms with E-state index in [1.165, 1.54) is 18.2 Å². The number of rotatable bonds is 3. The van der Waals surface area contributed by atoms with Crippen molar-refractivity contribution in [2.75, 3.05) is 0 Å². The topological polar surface area (TPSA) is 51.2 Å². The van der Waals surface area contributed by atoms with Crippen LogP contribution >= 0.6 is 0 Å². The Kier molecular flexibility index (Phi) is 4.07. The molecule has 2 rings (SSSR count). The van der Waals surface area contributed by atoms with Gasteiger partial charge < -0.3 is 0 Å². The van der Waals surface area contributed by atoms with Crippen LogP contribution in [0.2, 0.25) is 0 Å². The summed E-state index contributed by atoms with van der Waals surface area (Å²) in [7, 11) is 0. The number of carbonyl (C=O) groups excluding carboxylic acids is 3. The molecule has 1 aromatic carbocycles. The molecular formula is C18H21FO3. The Balaban J connectivity index is 2.25.